The van der Waals surface area contributed by atoms with E-state index in [1.807, 2.05) is 14.0 Å². The summed E-state index contributed by atoms with van der Waals surface area (Å²) in [5.41, 5.74) is 2.48. The minimum absolute atomic E-state index is 0.0486. The average molecular weight is 708 g/mol. The van der Waals surface area contributed by atoms with Crippen LogP contribution in [0.25, 0.3) is 28.5 Å². The number of hydrogen-bond acceptors (Lipinski definition) is 11. The number of hydrogen-bond donors (Lipinski definition) is 1. The summed E-state index contributed by atoms with van der Waals surface area (Å²) in [6.07, 6.45) is 3.07. The van der Waals surface area contributed by atoms with Crippen molar-refractivity contribution in [2.75, 3.05) is 46.9 Å². The Kier molecular flexibility index (Phi) is 9.92. The normalized spacial score (nSPS) is 16.9. The van der Waals surface area contributed by atoms with Crippen LogP contribution in [0.15, 0.2) is 57.1 Å². The van der Waals surface area contributed by atoms with Gasteiger partial charge in [-0.2, -0.15) is 9.40 Å². The van der Waals surface area contributed by atoms with E-state index in [1.54, 1.807) is 54.2 Å². The fourth-order valence-electron chi connectivity index (χ4n) is 5.82. The number of rotatable bonds is 11. The first-order valence-electron chi connectivity index (χ1n) is 15.8. The van der Waals surface area contributed by atoms with E-state index in [0.29, 0.717) is 71.4 Å². The van der Waals surface area contributed by atoms with Gasteiger partial charge in [0.25, 0.3) is 16.7 Å². The zero-order valence-electron chi connectivity index (χ0n) is 27.6. The Hall–Kier alpha value is -4.51. The van der Waals surface area contributed by atoms with Gasteiger partial charge >= 0.3 is 0 Å². The van der Waals surface area contributed by atoms with Crippen molar-refractivity contribution in [3.05, 3.63) is 69.0 Å². The number of likely N-dealkylation sites (N-methyl/N-ethyl adjacent to an activating group) is 1. The van der Waals surface area contributed by atoms with Crippen molar-refractivity contribution < 1.29 is 27.5 Å². The number of sulfonamides is 1. The molecule has 4 heterocycles. The minimum atomic E-state index is -3.83. The lowest BCUT2D eigenvalue weighted by atomic mass is 10.1. The highest BCUT2D eigenvalue weighted by atomic mass is 32.2. The topological polar surface area (TPSA) is 158 Å². The zero-order valence-corrected chi connectivity index (χ0v) is 29.3. The molecule has 2 aliphatic rings. The molecular weight excluding hydrogens is 671 g/mol. The Morgan fingerprint density at radius 1 is 1.02 bits per heavy atom. The molecule has 6 rings (SSSR count). The third-order valence-corrected chi connectivity index (χ3v) is 11.2. The molecule has 2 amide bonds. The van der Waals surface area contributed by atoms with Crippen LogP contribution in [-0.2, 0) is 34.8 Å². The summed E-state index contributed by atoms with van der Waals surface area (Å²) >= 11 is 0.846. The van der Waals surface area contributed by atoms with E-state index in [1.165, 1.54) is 22.0 Å². The second-order valence-corrected chi connectivity index (χ2v) is 14.7. The number of piperazine rings is 1. The molecule has 2 aromatic heterocycles. The first-order chi connectivity index (χ1) is 23.5. The van der Waals surface area contributed by atoms with Gasteiger partial charge in [0.05, 0.1) is 24.3 Å². The van der Waals surface area contributed by atoms with E-state index >= 15 is 0 Å². The molecular formula is C33H37N7O7S2. The van der Waals surface area contributed by atoms with Crippen molar-refractivity contribution in [3.63, 3.8) is 0 Å². The molecule has 0 spiro atoms. The highest BCUT2D eigenvalue weighted by Crippen LogP contribution is 2.33. The second kappa shape index (κ2) is 14.2. The maximum atomic E-state index is 14.1. The third kappa shape index (κ3) is 6.99. The van der Waals surface area contributed by atoms with Crippen LogP contribution in [0, 0.1) is 0 Å². The highest BCUT2D eigenvalue weighted by Gasteiger charge is 2.31. The number of amides is 2. The van der Waals surface area contributed by atoms with Gasteiger partial charge < -0.3 is 14.4 Å². The van der Waals surface area contributed by atoms with Crippen LogP contribution >= 0.6 is 11.8 Å². The van der Waals surface area contributed by atoms with Gasteiger partial charge in [0, 0.05) is 38.8 Å². The molecule has 2 aromatic carbocycles. The van der Waals surface area contributed by atoms with Crippen molar-refractivity contribution in [2.45, 2.75) is 31.2 Å². The van der Waals surface area contributed by atoms with Crippen LogP contribution < -0.4 is 20.3 Å². The summed E-state index contributed by atoms with van der Waals surface area (Å²) in [4.78, 5) is 44.8. The number of carbonyl (C=O) groups excluding carboxylic acids is 2. The van der Waals surface area contributed by atoms with Gasteiger partial charge in [-0.25, -0.2) is 13.4 Å². The second-order valence-electron chi connectivity index (χ2n) is 11.8. The number of ether oxygens (including phenoxy) is 2. The van der Waals surface area contributed by atoms with Gasteiger partial charge in [0.2, 0.25) is 10.0 Å². The first-order valence-corrected chi connectivity index (χ1v) is 18.1. The first kappa shape index (κ1) is 34.4. The molecule has 0 saturated carbocycles. The van der Waals surface area contributed by atoms with E-state index in [4.69, 9.17) is 14.5 Å². The molecule has 0 aliphatic carbocycles. The van der Waals surface area contributed by atoms with Crippen molar-refractivity contribution in [1.29, 1.82) is 0 Å². The molecule has 2 fully saturated rings. The largest absolute Gasteiger partial charge is 0.495 e. The standard InChI is InChI=1S/C33H37N7O7S2/c1-5-6-24-28-29(38(3)36-24)32(42)40(17-18-47-23-10-7-21(8-11-23)19-26-31(41)35-33(43)48-26)30(34-28)22-9-12-27(25(20-22)46-4)49(44,45)39-15-13-37(2)14-16-39/h7-12,19-20H,5-6,13-18H2,1-4H3,(H,35,41,43)/b26-19+. The molecule has 0 unspecified atom stereocenters. The summed E-state index contributed by atoms with van der Waals surface area (Å²) in [7, 11) is 1.26. The maximum absolute atomic E-state index is 14.1. The number of methoxy groups -OCH3 is 1. The van der Waals surface area contributed by atoms with Gasteiger partial charge in [-0.05, 0) is 67.2 Å². The number of carbonyl (C=O) groups is 2. The van der Waals surface area contributed by atoms with Crippen LogP contribution in [0.1, 0.15) is 24.6 Å². The highest BCUT2D eigenvalue weighted by molar-refractivity contribution is 8.18. The third-order valence-electron chi connectivity index (χ3n) is 8.41. The van der Waals surface area contributed by atoms with Crippen molar-refractivity contribution in [3.8, 4) is 22.9 Å². The summed E-state index contributed by atoms with van der Waals surface area (Å²) in [6, 6.07) is 11.8. The predicted octanol–water partition coefficient (Wildman–Crippen LogP) is 3.10. The van der Waals surface area contributed by atoms with Crippen molar-refractivity contribution in [1.82, 2.24) is 33.9 Å². The smallest absolute Gasteiger partial charge is 0.290 e. The molecule has 258 valence electrons. The summed E-state index contributed by atoms with van der Waals surface area (Å²) in [5, 5.41) is 6.41. The van der Waals surface area contributed by atoms with Crippen LogP contribution in [0.2, 0.25) is 0 Å². The summed E-state index contributed by atoms with van der Waals surface area (Å²) < 4.78 is 43.4. The number of benzene rings is 2. The average Bonchev–Trinajstić information content (AvgIpc) is 3.58. The predicted molar refractivity (Wildman–Crippen MR) is 186 cm³/mol. The van der Waals surface area contributed by atoms with E-state index in [2.05, 4.69) is 15.3 Å². The lowest BCUT2D eigenvalue weighted by Crippen LogP contribution is -2.47. The molecule has 2 saturated heterocycles. The fourth-order valence-corrected chi connectivity index (χ4v) is 8.06. The lowest BCUT2D eigenvalue weighted by Gasteiger charge is -2.31. The Bertz CT molecular complexity index is 2120. The minimum Gasteiger partial charge on any atom is -0.495 e. The Labute approximate surface area is 287 Å². The molecule has 2 aliphatic heterocycles. The van der Waals surface area contributed by atoms with Crippen molar-refractivity contribution >= 4 is 50.0 Å². The number of aryl methyl sites for hydroxylation is 2. The molecule has 16 heteroatoms. The summed E-state index contributed by atoms with van der Waals surface area (Å²) in [6.45, 7) is 4.27. The number of nitrogens with zero attached hydrogens (tertiary/aromatic N) is 6. The number of thioether (sulfide) groups is 1. The number of imide groups is 1. The van der Waals surface area contributed by atoms with Crippen LogP contribution in [0.4, 0.5) is 4.79 Å². The fraction of sp³-hybridized carbons (Fsp3) is 0.364. The van der Waals surface area contributed by atoms with E-state index in [0.717, 1.165) is 23.7 Å². The monoisotopic (exact) mass is 707 g/mol. The quantitative estimate of drug-likeness (QED) is 0.229. The van der Waals surface area contributed by atoms with E-state index in [-0.39, 0.29) is 29.4 Å². The van der Waals surface area contributed by atoms with Crippen LogP contribution in [0.3, 0.4) is 0 Å². The van der Waals surface area contributed by atoms with Gasteiger partial charge in [-0.1, -0.05) is 25.5 Å². The zero-order chi connectivity index (χ0) is 34.9. The van der Waals surface area contributed by atoms with E-state index < -0.39 is 21.2 Å². The van der Waals surface area contributed by atoms with Gasteiger partial charge in [0.15, 0.2) is 5.52 Å². The summed E-state index contributed by atoms with van der Waals surface area (Å²) in [5.74, 6) is 0.594. The number of fused-ring (bicyclic) bond motifs is 1. The van der Waals surface area contributed by atoms with Crippen LogP contribution in [0.5, 0.6) is 11.5 Å². The molecule has 4 aromatic rings. The maximum Gasteiger partial charge on any atom is 0.290 e. The molecule has 14 nitrogen and oxygen atoms in total. The Morgan fingerprint density at radius 3 is 2.41 bits per heavy atom. The van der Waals surface area contributed by atoms with Gasteiger partial charge in [0.1, 0.15) is 34.3 Å². The Morgan fingerprint density at radius 2 is 1.76 bits per heavy atom. The molecule has 0 bridgehead atoms. The SMILES string of the molecule is CCCc1nn(C)c2c(=O)n(CCOc3ccc(/C=C4/SC(=O)NC4=O)cc3)c(-c3ccc(S(=O)(=O)N4CCN(C)CC4)c(OC)c3)nc12. The Balaban J connectivity index is 1.32. The van der Waals surface area contributed by atoms with Gasteiger partial charge in [-0.3, -0.25) is 28.9 Å². The molecule has 1 N–H and O–H groups in total. The van der Waals surface area contributed by atoms with Gasteiger partial charge in [-0.15, -0.1) is 0 Å². The number of aromatic nitrogens is 4. The van der Waals surface area contributed by atoms with Crippen LogP contribution in [-0.4, -0.2) is 95.0 Å². The molecule has 49 heavy (non-hydrogen) atoms. The van der Waals surface area contributed by atoms with Crippen molar-refractivity contribution in [2.24, 2.45) is 7.05 Å². The van der Waals surface area contributed by atoms with E-state index in [9.17, 15) is 22.8 Å². The number of nitrogens with one attached hydrogen (secondary N) is 1. The molecule has 0 radical (unpaired) electrons. The molecule has 0 atom stereocenters. The lowest BCUT2D eigenvalue weighted by molar-refractivity contribution is -0.115.